The van der Waals surface area contributed by atoms with Gasteiger partial charge in [0.1, 0.15) is 5.82 Å². The molecule has 0 atom stereocenters. The maximum Gasteiger partial charge on any atom is 0.141 e. The van der Waals surface area contributed by atoms with Crippen molar-refractivity contribution in [2.75, 3.05) is 0 Å². The highest BCUT2D eigenvalue weighted by Gasteiger charge is 2.15. The van der Waals surface area contributed by atoms with Crippen LogP contribution >= 0.6 is 0 Å². The Morgan fingerprint density at radius 2 is 1.60 bits per heavy atom. The molecule has 3 heterocycles. The maximum absolute atomic E-state index is 4.52. The molecule has 0 spiro atoms. The van der Waals surface area contributed by atoms with Crippen LogP contribution in [0.5, 0.6) is 0 Å². The van der Waals surface area contributed by atoms with E-state index in [0.717, 1.165) is 33.7 Å². The van der Waals surface area contributed by atoms with Crippen LogP contribution in [0.15, 0.2) is 61.3 Å². The fraction of sp³-hybridized carbons (Fsp3) is 0.100. The first-order valence-electron chi connectivity index (χ1n) is 8.22. The lowest BCUT2D eigenvalue weighted by Crippen LogP contribution is -1.91. The molecule has 0 aliphatic heterocycles. The van der Waals surface area contributed by atoms with Gasteiger partial charge in [0.15, 0.2) is 0 Å². The summed E-state index contributed by atoms with van der Waals surface area (Å²) >= 11 is 0. The smallest absolute Gasteiger partial charge is 0.141 e. The number of hydrogen-bond donors (Lipinski definition) is 1. The highest BCUT2D eigenvalue weighted by molar-refractivity contribution is 6.14. The number of fused-ring (bicyclic) bond motifs is 3. The Morgan fingerprint density at radius 1 is 0.880 bits per heavy atom. The summed E-state index contributed by atoms with van der Waals surface area (Å²) < 4.78 is 4.01. The summed E-state index contributed by atoms with van der Waals surface area (Å²) in [6.07, 6.45) is 7.67. The van der Waals surface area contributed by atoms with Crippen molar-refractivity contribution >= 4 is 21.8 Å². The van der Waals surface area contributed by atoms with E-state index in [9.17, 15) is 0 Å². The Balaban J connectivity index is 1.86. The average Bonchev–Trinajstić information content (AvgIpc) is 3.32. The summed E-state index contributed by atoms with van der Waals surface area (Å²) in [5.41, 5.74) is 5.40. The number of H-pyrrole nitrogens is 1. The van der Waals surface area contributed by atoms with Gasteiger partial charge in [-0.3, -0.25) is 0 Å². The van der Waals surface area contributed by atoms with E-state index in [4.69, 9.17) is 0 Å². The van der Waals surface area contributed by atoms with Gasteiger partial charge in [-0.25, -0.2) is 9.97 Å². The molecule has 0 unspecified atom stereocenters. The lowest BCUT2D eigenvalue weighted by molar-refractivity contribution is 0.913. The fourth-order valence-corrected chi connectivity index (χ4v) is 3.52. The molecule has 0 aliphatic carbocycles. The Labute approximate surface area is 144 Å². The second-order valence-electron chi connectivity index (χ2n) is 6.37. The first-order chi connectivity index (χ1) is 12.2. The number of rotatable bonds is 2. The number of benzene rings is 2. The molecule has 122 valence electrons. The van der Waals surface area contributed by atoms with Gasteiger partial charge in [-0.1, -0.05) is 30.3 Å². The number of hydrogen-bond acceptors (Lipinski definition) is 2. The third kappa shape index (κ3) is 2.02. The van der Waals surface area contributed by atoms with Crippen molar-refractivity contribution < 1.29 is 0 Å². The van der Waals surface area contributed by atoms with Gasteiger partial charge >= 0.3 is 0 Å². The Morgan fingerprint density at radius 3 is 2.24 bits per heavy atom. The van der Waals surface area contributed by atoms with Crippen molar-refractivity contribution in [1.82, 2.24) is 24.1 Å². The van der Waals surface area contributed by atoms with Gasteiger partial charge in [0.05, 0.1) is 23.1 Å². The maximum atomic E-state index is 4.52. The van der Waals surface area contributed by atoms with E-state index < -0.39 is 0 Å². The van der Waals surface area contributed by atoms with Crippen molar-refractivity contribution in [3.63, 3.8) is 0 Å². The standard InChI is InChI=1S/C20H17N5/c1-24-11-17(22-12-24)15-7-3-5-13-14-6-4-8-16(19(14)23-18(13)15)20-21-9-10-25(20)2/h3-12,23H,1-2H3. The van der Waals surface area contributed by atoms with Crippen LogP contribution < -0.4 is 0 Å². The van der Waals surface area contributed by atoms with Crippen molar-refractivity contribution in [2.45, 2.75) is 0 Å². The monoisotopic (exact) mass is 327 g/mol. The van der Waals surface area contributed by atoms with E-state index in [2.05, 4.69) is 51.4 Å². The minimum Gasteiger partial charge on any atom is -0.353 e. The number of imidazole rings is 2. The zero-order valence-corrected chi connectivity index (χ0v) is 14.1. The summed E-state index contributed by atoms with van der Waals surface area (Å²) in [5, 5.41) is 2.41. The van der Waals surface area contributed by atoms with Gasteiger partial charge < -0.3 is 14.1 Å². The summed E-state index contributed by atoms with van der Waals surface area (Å²) in [7, 11) is 4.00. The number of aromatic amines is 1. The number of aromatic nitrogens is 5. The number of para-hydroxylation sites is 2. The van der Waals surface area contributed by atoms with Crippen LogP contribution in [0.4, 0.5) is 0 Å². The minimum atomic E-state index is 0.955. The molecule has 0 amide bonds. The van der Waals surface area contributed by atoms with Crippen LogP contribution in [0, 0.1) is 0 Å². The van der Waals surface area contributed by atoms with Gasteiger partial charge in [0.2, 0.25) is 0 Å². The van der Waals surface area contributed by atoms with Crippen molar-refractivity contribution in [3.05, 3.63) is 61.3 Å². The molecule has 1 N–H and O–H groups in total. The molecule has 25 heavy (non-hydrogen) atoms. The highest BCUT2D eigenvalue weighted by Crippen LogP contribution is 2.36. The van der Waals surface area contributed by atoms with Crippen molar-refractivity contribution in [3.8, 4) is 22.6 Å². The third-order valence-electron chi connectivity index (χ3n) is 4.71. The van der Waals surface area contributed by atoms with Crippen LogP contribution in [0.1, 0.15) is 0 Å². The van der Waals surface area contributed by atoms with E-state index in [1.807, 2.05) is 48.1 Å². The average molecular weight is 327 g/mol. The largest absolute Gasteiger partial charge is 0.353 e. The van der Waals surface area contributed by atoms with E-state index in [1.165, 1.54) is 10.8 Å². The predicted octanol–water partition coefficient (Wildman–Crippen LogP) is 4.12. The van der Waals surface area contributed by atoms with Crippen LogP contribution in [-0.2, 0) is 14.1 Å². The summed E-state index contributed by atoms with van der Waals surface area (Å²) in [6.45, 7) is 0. The molecule has 5 heteroatoms. The van der Waals surface area contributed by atoms with Crippen LogP contribution in [-0.4, -0.2) is 24.1 Å². The molecule has 2 aromatic carbocycles. The van der Waals surface area contributed by atoms with Gasteiger partial charge in [-0.2, -0.15) is 0 Å². The van der Waals surface area contributed by atoms with Crippen LogP contribution in [0.2, 0.25) is 0 Å². The molecule has 5 nitrogen and oxygen atoms in total. The van der Waals surface area contributed by atoms with E-state index >= 15 is 0 Å². The number of nitrogens with zero attached hydrogens (tertiary/aromatic N) is 4. The molecule has 0 aliphatic rings. The normalized spacial score (nSPS) is 11.6. The summed E-state index contributed by atoms with van der Waals surface area (Å²) in [5.74, 6) is 0.955. The first-order valence-corrected chi connectivity index (χ1v) is 8.22. The van der Waals surface area contributed by atoms with Crippen molar-refractivity contribution in [1.29, 1.82) is 0 Å². The lowest BCUT2D eigenvalue weighted by Gasteiger charge is -2.03. The predicted molar refractivity (Wildman–Crippen MR) is 100 cm³/mol. The Hall–Kier alpha value is -3.34. The molecule has 5 rings (SSSR count). The molecule has 0 saturated carbocycles. The third-order valence-corrected chi connectivity index (χ3v) is 4.71. The zero-order chi connectivity index (χ0) is 17.0. The molecule has 0 saturated heterocycles. The molecule has 3 aromatic heterocycles. The van der Waals surface area contributed by atoms with E-state index in [1.54, 1.807) is 0 Å². The fourth-order valence-electron chi connectivity index (χ4n) is 3.52. The second kappa shape index (κ2) is 5.08. The topological polar surface area (TPSA) is 51.4 Å². The Bertz CT molecular complexity index is 1220. The second-order valence-corrected chi connectivity index (χ2v) is 6.37. The Kier molecular flexibility index (Phi) is 2.85. The highest BCUT2D eigenvalue weighted by atomic mass is 15.0. The molecular weight excluding hydrogens is 310 g/mol. The quantitative estimate of drug-likeness (QED) is 0.530. The molecule has 5 aromatic rings. The summed E-state index contributed by atoms with van der Waals surface area (Å²) in [6, 6.07) is 12.7. The first kappa shape index (κ1) is 14.0. The minimum absolute atomic E-state index is 0.955. The molecule has 0 radical (unpaired) electrons. The SMILES string of the molecule is Cn1cnc(-c2cccc3c2[nH]c2c(-c4nccn4C)cccc23)c1. The summed E-state index contributed by atoms with van der Waals surface area (Å²) in [4.78, 5) is 12.7. The zero-order valence-electron chi connectivity index (χ0n) is 14.1. The van der Waals surface area contributed by atoms with Gasteiger partial charge in [-0.05, 0) is 6.07 Å². The van der Waals surface area contributed by atoms with Crippen LogP contribution in [0.25, 0.3) is 44.5 Å². The van der Waals surface area contributed by atoms with Crippen LogP contribution in [0.3, 0.4) is 0 Å². The van der Waals surface area contributed by atoms with E-state index in [-0.39, 0.29) is 0 Å². The molecule has 0 fully saturated rings. The van der Waals surface area contributed by atoms with Crippen molar-refractivity contribution in [2.24, 2.45) is 14.1 Å². The lowest BCUT2D eigenvalue weighted by atomic mass is 10.1. The number of nitrogens with one attached hydrogen (secondary N) is 1. The van der Waals surface area contributed by atoms with Gasteiger partial charge in [0.25, 0.3) is 0 Å². The molecule has 0 bridgehead atoms. The number of aryl methyl sites for hydroxylation is 2. The van der Waals surface area contributed by atoms with Gasteiger partial charge in [0, 0.05) is 54.6 Å². The molecular formula is C20H17N5. The van der Waals surface area contributed by atoms with E-state index in [0.29, 0.717) is 0 Å². The van der Waals surface area contributed by atoms with Gasteiger partial charge in [-0.15, -0.1) is 0 Å².